The molecule has 0 saturated heterocycles. The van der Waals surface area contributed by atoms with Crippen molar-refractivity contribution in [2.75, 3.05) is 4.72 Å². The number of pyridine rings is 1. The van der Waals surface area contributed by atoms with E-state index in [4.69, 9.17) is 5.11 Å². The topological polar surface area (TPSA) is 62.2 Å². The van der Waals surface area contributed by atoms with Crippen LogP contribution in [0.25, 0.3) is 0 Å². The third kappa shape index (κ3) is 2.98. The predicted molar refractivity (Wildman–Crippen MR) is 67.1 cm³/mol. The van der Waals surface area contributed by atoms with Gasteiger partial charge in [-0.15, -0.1) is 0 Å². The number of aromatic nitrogens is 1. The molecule has 0 atom stereocenters. The third-order valence-electron chi connectivity index (χ3n) is 2.09. The van der Waals surface area contributed by atoms with Gasteiger partial charge in [0.05, 0.1) is 5.56 Å². The highest BCUT2D eigenvalue weighted by Gasteiger charge is 2.11. The number of benzene rings is 1. The van der Waals surface area contributed by atoms with Gasteiger partial charge < -0.3 is 9.83 Å². The minimum absolute atomic E-state index is 0.103. The van der Waals surface area contributed by atoms with Gasteiger partial charge in [0.1, 0.15) is 10.8 Å². The van der Waals surface area contributed by atoms with Crippen LogP contribution >= 0.6 is 11.9 Å². The van der Waals surface area contributed by atoms with E-state index in [-0.39, 0.29) is 11.4 Å². The third-order valence-corrected chi connectivity index (χ3v) is 2.95. The summed E-state index contributed by atoms with van der Waals surface area (Å²) in [5, 5.41) is 9.29. The number of anilines is 1. The zero-order chi connectivity index (χ0) is 13.0. The zero-order valence-electron chi connectivity index (χ0n) is 9.13. The monoisotopic (exact) mass is 264 g/mol. The van der Waals surface area contributed by atoms with Crippen LogP contribution in [0.3, 0.4) is 0 Å². The van der Waals surface area contributed by atoms with Gasteiger partial charge in [-0.05, 0) is 30.3 Å². The molecule has 0 aliphatic rings. The molecule has 0 unspecified atom stereocenters. The van der Waals surface area contributed by atoms with Crippen LogP contribution in [0.15, 0.2) is 47.6 Å². The first kappa shape index (κ1) is 12.4. The molecule has 1 aromatic heterocycles. The van der Waals surface area contributed by atoms with E-state index >= 15 is 0 Å². The van der Waals surface area contributed by atoms with E-state index in [9.17, 15) is 9.18 Å². The molecule has 2 aromatic rings. The summed E-state index contributed by atoms with van der Waals surface area (Å²) in [6.45, 7) is 0. The standard InChI is InChI=1S/C12H9FN2O2S/c13-8-3-1-4-9(7-8)15-18-11-10(12(16)17)5-2-6-14-11/h1-7,15H,(H,16,17). The maximum Gasteiger partial charge on any atom is 0.338 e. The maximum atomic E-state index is 12.9. The number of aromatic carboxylic acids is 1. The molecular weight excluding hydrogens is 255 g/mol. The van der Waals surface area contributed by atoms with Crippen LogP contribution in [0.2, 0.25) is 0 Å². The van der Waals surface area contributed by atoms with E-state index in [0.717, 1.165) is 11.9 Å². The Hall–Kier alpha value is -2.08. The van der Waals surface area contributed by atoms with Crippen molar-refractivity contribution in [2.45, 2.75) is 5.03 Å². The van der Waals surface area contributed by atoms with E-state index in [2.05, 4.69) is 9.71 Å². The number of hydrogen-bond acceptors (Lipinski definition) is 4. The molecule has 0 radical (unpaired) electrons. The zero-order valence-corrected chi connectivity index (χ0v) is 9.95. The Balaban J connectivity index is 2.13. The van der Waals surface area contributed by atoms with Crippen molar-refractivity contribution >= 4 is 23.6 Å². The SMILES string of the molecule is O=C(O)c1cccnc1SNc1cccc(F)c1. The smallest absolute Gasteiger partial charge is 0.338 e. The fourth-order valence-electron chi connectivity index (χ4n) is 1.29. The molecule has 1 heterocycles. The molecule has 92 valence electrons. The van der Waals surface area contributed by atoms with Crippen LogP contribution < -0.4 is 4.72 Å². The van der Waals surface area contributed by atoms with E-state index in [1.54, 1.807) is 18.2 Å². The Kier molecular flexibility index (Phi) is 3.78. The van der Waals surface area contributed by atoms with E-state index in [0.29, 0.717) is 10.7 Å². The Morgan fingerprint density at radius 2 is 2.17 bits per heavy atom. The lowest BCUT2D eigenvalue weighted by atomic mass is 10.3. The summed E-state index contributed by atoms with van der Waals surface area (Å²) in [5.41, 5.74) is 0.647. The lowest BCUT2D eigenvalue weighted by Crippen LogP contribution is -2.01. The summed E-state index contributed by atoms with van der Waals surface area (Å²) in [4.78, 5) is 14.9. The van der Waals surface area contributed by atoms with Crippen LogP contribution in [-0.2, 0) is 0 Å². The van der Waals surface area contributed by atoms with Crippen molar-refractivity contribution in [3.05, 3.63) is 54.0 Å². The van der Waals surface area contributed by atoms with Gasteiger partial charge in [-0.25, -0.2) is 14.2 Å². The normalized spacial score (nSPS) is 10.1. The van der Waals surface area contributed by atoms with Gasteiger partial charge in [-0.1, -0.05) is 6.07 Å². The van der Waals surface area contributed by atoms with Crippen molar-refractivity contribution < 1.29 is 14.3 Å². The summed E-state index contributed by atoms with van der Waals surface area (Å²) < 4.78 is 15.8. The highest BCUT2D eigenvalue weighted by Crippen LogP contribution is 2.22. The molecule has 4 nitrogen and oxygen atoms in total. The van der Waals surface area contributed by atoms with E-state index in [1.165, 1.54) is 24.4 Å². The van der Waals surface area contributed by atoms with Crippen molar-refractivity contribution in [2.24, 2.45) is 0 Å². The van der Waals surface area contributed by atoms with Crippen LogP contribution in [0.4, 0.5) is 10.1 Å². The van der Waals surface area contributed by atoms with Crippen molar-refractivity contribution in [3.63, 3.8) is 0 Å². The Morgan fingerprint density at radius 1 is 1.33 bits per heavy atom. The lowest BCUT2D eigenvalue weighted by Gasteiger charge is -2.06. The fourth-order valence-corrected chi connectivity index (χ4v) is 2.01. The molecule has 2 rings (SSSR count). The van der Waals surface area contributed by atoms with Gasteiger partial charge in [0.25, 0.3) is 0 Å². The number of carbonyl (C=O) groups is 1. The Labute approximate surface area is 107 Å². The summed E-state index contributed by atoms with van der Waals surface area (Å²) in [6.07, 6.45) is 1.50. The Morgan fingerprint density at radius 3 is 2.89 bits per heavy atom. The fraction of sp³-hybridized carbons (Fsp3) is 0. The predicted octanol–water partition coefficient (Wildman–Crippen LogP) is 3.04. The molecule has 0 aliphatic heterocycles. The summed E-state index contributed by atoms with van der Waals surface area (Å²) in [6, 6.07) is 8.91. The minimum atomic E-state index is -1.05. The molecule has 0 amide bonds. The second-order valence-corrected chi connectivity index (χ2v) is 4.17. The second-order valence-electron chi connectivity index (χ2n) is 3.38. The number of rotatable bonds is 4. The van der Waals surface area contributed by atoms with Crippen LogP contribution in [0, 0.1) is 5.82 Å². The first-order valence-corrected chi connectivity index (χ1v) is 5.85. The number of carboxylic acids is 1. The van der Waals surface area contributed by atoms with Gasteiger partial charge in [0.2, 0.25) is 0 Å². The van der Waals surface area contributed by atoms with Crippen LogP contribution in [-0.4, -0.2) is 16.1 Å². The van der Waals surface area contributed by atoms with Crippen molar-refractivity contribution in [3.8, 4) is 0 Å². The molecule has 1 aromatic carbocycles. The first-order valence-electron chi connectivity index (χ1n) is 5.03. The number of nitrogens with one attached hydrogen (secondary N) is 1. The number of carboxylic acid groups (broad SMARTS) is 1. The highest BCUT2D eigenvalue weighted by atomic mass is 32.2. The largest absolute Gasteiger partial charge is 0.478 e. The summed E-state index contributed by atoms with van der Waals surface area (Å²) in [5.74, 6) is -1.41. The van der Waals surface area contributed by atoms with Gasteiger partial charge in [0, 0.05) is 23.8 Å². The maximum absolute atomic E-state index is 12.9. The molecule has 6 heteroatoms. The molecule has 0 spiro atoms. The van der Waals surface area contributed by atoms with Gasteiger partial charge in [-0.2, -0.15) is 0 Å². The number of halogens is 1. The number of hydrogen-bond donors (Lipinski definition) is 2. The molecule has 0 aliphatic carbocycles. The highest BCUT2D eigenvalue weighted by molar-refractivity contribution is 8.00. The molecule has 2 N–H and O–H groups in total. The lowest BCUT2D eigenvalue weighted by molar-refractivity contribution is 0.0692. The molecular formula is C12H9FN2O2S. The second kappa shape index (κ2) is 5.50. The van der Waals surface area contributed by atoms with Gasteiger partial charge >= 0.3 is 5.97 Å². The average molecular weight is 264 g/mol. The molecule has 0 saturated carbocycles. The summed E-state index contributed by atoms with van der Waals surface area (Å²) >= 11 is 1.03. The van der Waals surface area contributed by atoms with Crippen molar-refractivity contribution in [1.82, 2.24) is 4.98 Å². The average Bonchev–Trinajstić information content (AvgIpc) is 2.37. The van der Waals surface area contributed by atoms with Crippen LogP contribution in [0.1, 0.15) is 10.4 Å². The summed E-state index contributed by atoms with van der Waals surface area (Å²) in [7, 11) is 0. The van der Waals surface area contributed by atoms with Crippen molar-refractivity contribution in [1.29, 1.82) is 0 Å². The number of nitrogens with zero attached hydrogens (tertiary/aromatic N) is 1. The van der Waals surface area contributed by atoms with E-state index in [1.807, 2.05) is 0 Å². The first-order chi connectivity index (χ1) is 8.66. The molecule has 0 bridgehead atoms. The molecule has 0 fully saturated rings. The van der Waals surface area contributed by atoms with E-state index < -0.39 is 5.97 Å². The minimum Gasteiger partial charge on any atom is -0.478 e. The quantitative estimate of drug-likeness (QED) is 0.831. The molecule has 18 heavy (non-hydrogen) atoms. The van der Waals surface area contributed by atoms with Gasteiger partial charge in [0.15, 0.2) is 0 Å². The van der Waals surface area contributed by atoms with Gasteiger partial charge in [-0.3, -0.25) is 0 Å². The Bertz CT molecular complexity index is 578. The van der Waals surface area contributed by atoms with Crippen LogP contribution in [0.5, 0.6) is 0 Å².